The van der Waals surface area contributed by atoms with Crippen LogP contribution in [0.3, 0.4) is 0 Å². The fraction of sp³-hybridized carbons (Fsp3) is 0.464. The maximum absolute atomic E-state index is 13.0. The summed E-state index contributed by atoms with van der Waals surface area (Å²) in [4.78, 5) is 17.1. The molecule has 1 fully saturated rings. The number of likely N-dealkylation sites (tertiary alicyclic amines) is 1. The number of hydrogen-bond donors (Lipinski definition) is 1. The summed E-state index contributed by atoms with van der Waals surface area (Å²) in [5.74, 6) is 1.83. The van der Waals surface area contributed by atoms with Crippen LogP contribution >= 0.6 is 11.3 Å². The quantitative estimate of drug-likeness (QED) is 0.411. The molecule has 0 spiro atoms. The van der Waals surface area contributed by atoms with Crippen LogP contribution < -0.4 is 10.1 Å². The number of benzene rings is 1. The lowest BCUT2D eigenvalue weighted by Gasteiger charge is -2.38. The van der Waals surface area contributed by atoms with Crippen LogP contribution in [0.1, 0.15) is 77.7 Å². The molecular formula is C28H34N2O3S. The van der Waals surface area contributed by atoms with E-state index in [2.05, 4.69) is 41.4 Å². The van der Waals surface area contributed by atoms with Gasteiger partial charge < -0.3 is 14.5 Å². The Bertz CT molecular complexity index is 1100. The summed E-state index contributed by atoms with van der Waals surface area (Å²) in [6.45, 7) is 7.15. The molecule has 3 heterocycles. The number of ether oxygens (including phenoxy) is 1. The fourth-order valence-electron chi connectivity index (χ4n) is 5.30. The van der Waals surface area contributed by atoms with Crippen LogP contribution in [0.15, 0.2) is 47.1 Å². The minimum absolute atomic E-state index is 0.119. The van der Waals surface area contributed by atoms with Crippen molar-refractivity contribution in [2.75, 3.05) is 25.0 Å². The van der Waals surface area contributed by atoms with Crippen LogP contribution in [0, 0.1) is 5.92 Å². The third kappa shape index (κ3) is 4.80. The predicted molar refractivity (Wildman–Crippen MR) is 137 cm³/mol. The second kappa shape index (κ2) is 10.4. The van der Waals surface area contributed by atoms with Gasteiger partial charge in [-0.2, -0.15) is 0 Å². The highest BCUT2D eigenvalue weighted by molar-refractivity contribution is 7.16. The normalized spacial score (nSPS) is 17.8. The number of fused-ring (bicyclic) bond motifs is 1. The van der Waals surface area contributed by atoms with Gasteiger partial charge in [0.1, 0.15) is 10.8 Å². The molecule has 1 amide bonds. The molecular weight excluding hydrogens is 444 g/mol. The minimum atomic E-state index is -0.178. The topological polar surface area (TPSA) is 54.7 Å². The molecule has 2 aliphatic rings. The van der Waals surface area contributed by atoms with E-state index in [-0.39, 0.29) is 11.9 Å². The van der Waals surface area contributed by atoms with Crippen LogP contribution in [0.5, 0.6) is 5.75 Å². The van der Waals surface area contributed by atoms with Crippen molar-refractivity contribution in [3.05, 3.63) is 70.0 Å². The van der Waals surface area contributed by atoms with Crippen LogP contribution in [-0.2, 0) is 12.8 Å². The van der Waals surface area contributed by atoms with E-state index in [0.717, 1.165) is 42.6 Å². The zero-order valence-corrected chi connectivity index (χ0v) is 21.0. The maximum atomic E-state index is 13.0. The zero-order chi connectivity index (χ0) is 23.5. The molecule has 1 N–H and O–H groups in total. The van der Waals surface area contributed by atoms with Crippen molar-refractivity contribution in [1.29, 1.82) is 0 Å². The van der Waals surface area contributed by atoms with E-state index in [1.807, 2.05) is 6.92 Å². The number of hydrogen-bond acceptors (Lipinski definition) is 5. The number of piperidine rings is 1. The molecule has 34 heavy (non-hydrogen) atoms. The molecule has 1 aliphatic heterocycles. The van der Waals surface area contributed by atoms with Crippen molar-refractivity contribution >= 4 is 22.2 Å². The molecule has 1 aliphatic carbocycles. The lowest BCUT2D eigenvalue weighted by molar-refractivity contribution is 0.0996. The average Bonchev–Trinajstić information content (AvgIpc) is 3.51. The molecule has 2 aromatic heterocycles. The number of carbonyl (C=O) groups excluding carboxylic acids is 1. The third-order valence-electron chi connectivity index (χ3n) is 7.15. The lowest BCUT2D eigenvalue weighted by Crippen LogP contribution is -2.37. The van der Waals surface area contributed by atoms with Crippen LogP contribution in [0.25, 0.3) is 0 Å². The standard InChI is InChI=1S/C28H34N2O3S/c1-3-32-21-12-10-20(11-13-21)26(30-16-14-19(2)15-17-30)25-22-7-4-5-9-24(22)34-28(25)29-27(31)23-8-6-18-33-23/h6,8,10-13,18-19,26H,3-5,7,9,14-17H2,1-2H3,(H,29,31)/t26-/m1/s1. The van der Waals surface area contributed by atoms with E-state index in [9.17, 15) is 4.79 Å². The van der Waals surface area contributed by atoms with Crippen molar-refractivity contribution in [1.82, 2.24) is 4.90 Å². The van der Waals surface area contributed by atoms with Gasteiger partial charge in [0.25, 0.3) is 5.91 Å². The van der Waals surface area contributed by atoms with Gasteiger partial charge in [0.05, 0.1) is 18.9 Å². The molecule has 5 nitrogen and oxygen atoms in total. The molecule has 180 valence electrons. The number of thiophene rings is 1. The lowest BCUT2D eigenvalue weighted by atomic mass is 9.87. The Morgan fingerprint density at radius 1 is 1.18 bits per heavy atom. The number of furan rings is 1. The predicted octanol–water partition coefficient (Wildman–Crippen LogP) is 6.69. The Labute approximate surface area is 206 Å². The first-order chi connectivity index (χ1) is 16.6. The van der Waals surface area contributed by atoms with Gasteiger partial charge in [-0.3, -0.25) is 9.69 Å². The van der Waals surface area contributed by atoms with Crippen LogP contribution in [-0.4, -0.2) is 30.5 Å². The molecule has 3 aromatic rings. The average molecular weight is 479 g/mol. The van der Waals surface area contributed by atoms with Gasteiger partial charge in [-0.1, -0.05) is 19.1 Å². The SMILES string of the molecule is CCOc1ccc([C@H](c2c(NC(=O)c3ccco3)sc3c2CCCC3)N2CCC(C)CC2)cc1. The molecule has 1 aromatic carbocycles. The third-order valence-corrected chi connectivity index (χ3v) is 8.37. The summed E-state index contributed by atoms with van der Waals surface area (Å²) in [5, 5.41) is 4.21. The Kier molecular flexibility index (Phi) is 7.07. The summed E-state index contributed by atoms with van der Waals surface area (Å²) < 4.78 is 11.1. The smallest absolute Gasteiger partial charge is 0.291 e. The molecule has 1 saturated heterocycles. The van der Waals surface area contributed by atoms with Gasteiger partial charge in [0, 0.05) is 10.4 Å². The second-order valence-electron chi connectivity index (χ2n) is 9.51. The maximum Gasteiger partial charge on any atom is 0.291 e. The van der Waals surface area contributed by atoms with Gasteiger partial charge in [-0.15, -0.1) is 11.3 Å². The van der Waals surface area contributed by atoms with E-state index in [1.165, 1.54) is 47.3 Å². The molecule has 1 atom stereocenters. The van der Waals surface area contributed by atoms with Crippen LogP contribution in [0.2, 0.25) is 0 Å². The van der Waals surface area contributed by atoms with Crippen molar-refractivity contribution in [2.45, 2.75) is 58.4 Å². The van der Waals surface area contributed by atoms with Crippen molar-refractivity contribution in [2.24, 2.45) is 5.92 Å². The first-order valence-corrected chi connectivity index (χ1v) is 13.4. The molecule has 5 rings (SSSR count). The van der Waals surface area contributed by atoms with E-state index < -0.39 is 0 Å². The number of nitrogens with zero attached hydrogens (tertiary/aromatic N) is 1. The first kappa shape index (κ1) is 23.2. The Morgan fingerprint density at radius 3 is 2.65 bits per heavy atom. The summed E-state index contributed by atoms with van der Waals surface area (Å²) in [6.07, 6.45) is 8.55. The Hall–Kier alpha value is -2.57. The first-order valence-electron chi connectivity index (χ1n) is 12.6. The molecule has 0 saturated carbocycles. The number of amides is 1. The van der Waals surface area contributed by atoms with Gasteiger partial charge >= 0.3 is 0 Å². The van der Waals surface area contributed by atoms with Gasteiger partial charge in [-0.05, 0) is 99.8 Å². The molecule has 0 bridgehead atoms. The summed E-state index contributed by atoms with van der Waals surface area (Å²) in [7, 11) is 0. The highest BCUT2D eigenvalue weighted by Crippen LogP contribution is 2.46. The number of anilines is 1. The summed E-state index contributed by atoms with van der Waals surface area (Å²) >= 11 is 1.76. The number of aryl methyl sites for hydroxylation is 1. The van der Waals surface area contributed by atoms with Gasteiger partial charge in [-0.25, -0.2) is 0 Å². The van der Waals surface area contributed by atoms with Crippen molar-refractivity contribution < 1.29 is 13.9 Å². The summed E-state index contributed by atoms with van der Waals surface area (Å²) in [5.41, 5.74) is 4.00. The second-order valence-corrected chi connectivity index (χ2v) is 10.6. The Morgan fingerprint density at radius 2 is 1.94 bits per heavy atom. The number of nitrogens with one attached hydrogen (secondary N) is 1. The van der Waals surface area contributed by atoms with Crippen molar-refractivity contribution in [3.63, 3.8) is 0 Å². The molecule has 0 unspecified atom stereocenters. The molecule has 6 heteroatoms. The van der Waals surface area contributed by atoms with E-state index in [1.54, 1.807) is 29.7 Å². The molecule has 0 radical (unpaired) electrons. The number of rotatable bonds is 7. The zero-order valence-electron chi connectivity index (χ0n) is 20.1. The highest BCUT2D eigenvalue weighted by atomic mass is 32.1. The van der Waals surface area contributed by atoms with Crippen LogP contribution in [0.4, 0.5) is 5.00 Å². The summed E-state index contributed by atoms with van der Waals surface area (Å²) in [6, 6.07) is 12.2. The van der Waals surface area contributed by atoms with Gasteiger partial charge in [0.15, 0.2) is 5.76 Å². The Balaban J connectivity index is 1.58. The minimum Gasteiger partial charge on any atom is -0.494 e. The van der Waals surface area contributed by atoms with E-state index >= 15 is 0 Å². The monoisotopic (exact) mass is 478 g/mol. The van der Waals surface area contributed by atoms with Gasteiger partial charge in [0.2, 0.25) is 0 Å². The largest absolute Gasteiger partial charge is 0.494 e. The fourth-order valence-corrected chi connectivity index (χ4v) is 6.62. The highest BCUT2D eigenvalue weighted by Gasteiger charge is 2.33. The van der Waals surface area contributed by atoms with E-state index in [0.29, 0.717) is 12.4 Å². The van der Waals surface area contributed by atoms with E-state index in [4.69, 9.17) is 9.15 Å². The van der Waals surface area contributed by atoms with Crippen molar-refractivity contribution in [3.8, 4) is 5.75 Å². The number of carbonyl (C=O) groups is 1.